The van der Waals surface area contributed by atoms with E-state index in [1.807, 2.05) is 0 Å². The van der Waals surface area contributed by atoms with Gasteiger partial charge < -0.3 is 15.8 Å². The number of likely N-dealkylation sites (tertiary alicyclic amines) is 1. The summed E-state index contributed by atoms with van der Waals surface area (Å²) < 4.78 is 44.2. The number of nitrogens with zero attached hydrogens (tertiary/aromatic N) is 3. The van der Waals surface area contributed by atoms with E-state index in [4.69, 9.17) is 10.5 Å². The van der Waals surface area contributed by atoms with Gasteiger partial charge in [0.1, 0.15) is 11.5 Å². The number of amides is 1. The molecule has 2 aliphatic rings. The molecule has 29 heavy (non-hydrogen) atoms. The second kappa shape index (κ2) is 9.36. The van der Waals surface area contributed by atoms with Crippen LogP contribution in [0.4, 0.5) is 13.2 Å². The number of rotatable bonds is 4. The maximum Gasteiger partial charge on any atom is 0.433 e. The monoisotopic (exact) mass is 415 g/mol. The van der Waals surface area contributed by atoms with Gasteiger partial charge in [0.25, 0.3) is 0 Å². The van der Waals surface area contributed by atoms with Crippen molar-refractivity contribution in [3.05, 3.63) is 23.3 Å². The molecule has 0 aliphatic carbocycles. The van der Waals surface area contributed by atoms with E-state index in [0.717, 1.165) is 31.9 Å². The van der Waals surface area contributed by atoms with Gasteiger partial charge in [0.05, 0.1) is 12.5 Å². The number of aryl methyl sites for hydroxylation is 1. The van der Waals surface area contributed by atoms with Gasteiger partial charge in [0, 0.05) is 44.1 Å². The molecule has 0 aromatic carbocycles. The Morgan fingerprint density at radius 3 is 2.66 bits per heavy atom. The highest BCUT2D eigenvalue weighted by molar-refractivity contribution is 5.78. The normalized spacial score (nSPS) is 24.9. The summed E-state index contributed by atoms with van der Waals surface area (Å²) in [6.45, 7) is 4.08. The molecule has 2 saturated heterocycles. The number of carbonyl (C=O) groups is 1. The molecule has 0 unspecified atom stereocenters. The van der Waals surface area contributed by atoms with E-state index in [0.29, 0.717) is 32.2 Å². The molecule has 1 amide bonds. The molecule has 1 aromatic rings. The van der Waals surface area contributed by atoms with Crippen LogP contribution in [0.2, 0.25) is 0 Å². The summed E-state index contributed by atoms with van der Waals surface area (Å²) in [7, 11) is 0. The molecule has 3 heterocycles. The molecule has 2 fully saturated rings. The van der Waals surface area contributed by atoms with Crippen molar-refractivity contribution in [1.29, 1.82) is 0 Å². The lowest BCUT2D eigenvalue weighted by atomic mass is 10.0. The van der Waals surface area contributed by atoms with Crippen LogP contribution in [0.5, 0.6) is 0 Å². The smallest absolute Gasteiger partial charge is 0.381 e. The van der Waals surface area contributed by atoms with Crippen LogP contribution in [0.15, 0.2) is 6.07 Å². The van der Waals surface area contributed by atoms with Crippen LogP contribution in [-0.4, -0.2) is 59.2 Å². The first-order valence-corrected chi connectivity index (χ1v) is 9.99. The van der Waals surface area contributed by atoms with Crippen molar-refractivity contribution in [2.75, 3.05) is 26.3 Å². The number of hydrogen-bond donors (Lipinski definition) is 2. The van der Waals surface area contributed by atoms with E-state index < -0.39 is 11.9 Å². The van der Waals surface area contributed by atoms with Crippen LogP contribution in [0.1, 0.15) is 42.9 Å². The molecule has 7 nitrogen and oxygen atoms in total. The molecule has 0 spiro atoms. The van der Waals surface area contributed by atoms with Gasteiger partial charge in [-0.1, -0.05) is 0 Å². The number of nitrogens with one attached hydrogen (secondary N) is 1. The van der Waals surface area contributed by atoms with Gasteiger partial charge in [-0.3, -0.25) is 9.69 Å². The fraction of sp³-hybridized carbons (Fsp3) is 0.737. The summed E-state index contributed by atoms with van der Waals surface area (Å²) in [5.74, 6) is -0.509. The van der Waals surface area contributed by atoms with E-state index in [1.54, 1.807) is 0 Å². The SMILES string of the molecule is Cc1cc(C(F)(F)F)nc(CNC(=O)[C@@H]2CC[C@H](N)CN(C3CCOCC3)C2)n1. The summed E-state index contributed by atoms with van der Waals surface area (Å²) in [5, 5.41) is 2.72. The van der Waals surface area contributed by atoms with Crippen molar-refractivity contribution in [3.8, 4) is 0 Å². The van der Waals surface area contributed by atoms with Crippen molar-refractivity contribution < 1.29 is 22.7 Å². The molecule has 10 heteroatoms. The van der Waals surface area contributed by atoms with E-state index in [1.165, 1.54) is 6.92 Å². The first-order chi connectivity index (χ1) is 13.7. The van der Waals surface area contributed by atoms with Gasteiger partial charge >= 0.3 is 6.18 Å². The quantitative estimate of drug-likeness (QED) is 0.777. The van der Waals surface area contributed by atoms with Crippen LogP contribution in [-0.2, 0) is 22.3 Å². The summed E-state index contributed by atoms with van der Waals surface area (Å²) in [6, 6.07) is 1.24. The number of halogens is 3. The minimum atomic E-state index is -4.55. The molecule has 2 atom stereocenters. The summed E-state index contributed by atoms with van der Waals surface area (Å²) >= 11 is 0. The van der Waals surface area contributed by atoms with Gasteiger partial charge in [0.2, 0.25) is 5.91 Å². The molecular formula is C19H28F3N5O2. The standard InChI is InChI=1S/C19H28F3N5O2/c1-12-8-16(19(20,21)22)26-17(25-12)9-24-18(28)13-2-3-14(23)11-27(10-13)15-4-6-29-7-5-15/h8,13-15H,2-7,9-11,23H2,1H3,(H,24,28)/t13-,14+/m1/s1. The summed E-state index contributed by atoms with van der Waals surface area (Å²) in [4.78, 5) is 22.6. The lowest BCUT2D eigenvalue weighted by Gasteiger charge is -2.35. The average Bonchev–Trinajstić information content (AvgIpc) is 2.87. The number of ether oxygens (including phenoxy) is 1. The zero-order valence-corrected chi connectivity index (χ0v) is 16.5. The molecule has 0 radical (unpaired) electrons. The first-order valence-electron chi connectivity index (χ1n) is 9.99. The Bertz CT molecular complexity index is 710. The molecule has 0 saturated carbocycles. The molecule has 3 N–H and O–H groups in total. The van der Waals surface area contributed by atoms with E-state index >= 15 is 0 Å². The van der Waals surface area contributed by atoms with Crippen LogP contribution < -0.4 is 11.1 Å². The molecule has 1 aromatic heterocycles. The highest BCUT2D eigenvalue weighted by Gasteiger charge is 2.34. The minimum Gasteiger partial charge on any atom is -0.381 e. The lowest BCUT2D eigenvalue weighted by molar-refractivity contribution is -0.141. The van der Waals surface area contributed by atoms with Crippen LogP contribution in [0.25, 0.3) is 0 Å². The first kappa shape index (κ1) is 21.9. The second-order valence-electron chi connectivity index (χ2n) is 7.86. The third-order valence-corrected chi connectivity index (χ3v) is 5.50. The number of aromatic nitrogens is 2. The molecular weight excluding hydrogens is 387 g/mol. The van der Waals surface area contributed by atoms with Crippen molar-refractivity contribution in [1.82, 2.24) is 20.2 Å². The maximum absolute atomic E-state index is 12.9. The molecule has 2 aliphatic heterocycles. The molecule has 3 rings (SSSR count). The van der Waals surface area contributed by atoms with Crippen molar-refractivity contribution in [2.45, 2.75) is 57.4 Å². The van der Waals surface area contributed by atoms with E-state index in [-0.39, 0.29) is 35.9 Å². The van der Waals surface area contributed by atoms with Crippen molar-refractivity contribution >= 4 is 5.91 Å². The highest BCUT2D eigenvalue weighted by Crippen LogP contribution is 2.28. The summed E-state index contributed by atoms with van der Waals surface area (Å²) in [6.07, 6.45) is -1.34. The third kappa shape index (κ3) is 6.10. The zero-order chi connectivity index (χ0) is 21.0. The number of alkyl halides is 3. The Hall–Kier alpha value is -1.78. The Balaban J connectivity index is 1.62. The average molecular weight is 415 g/mol. The fourth-order valence-electron chi connectivity index (χ4n) is 3.98. The minimum absolute atomic E-state index is 0.00472. The predicted molar refractivity (Wildman–Crippen MR) is 99.7 cm³/mol. The van der Waals surface area contributed by atoms with Crippen LogP contribution in [0, 0.1) is 12.8 Å². The number of hydrogen-bond acceptors (Lipinski definition) is 6. The number of carbonyl (C=O) groups excluding carboxylic acids is 1. The van der Waals surface area contributed by atoms with E-state index in [2.05, 4.69) is 20.2 Å². The van der Waals surface area contributed by atoms with Gasteiger partial charge in [-0.2, -0.15) is 13.2 Å². The highest BCUT2D eigenvalue weighted by atomic mass is 19.4. The largest absolute Gasteiger partial charge is 0.433 e. The van der Waals surface area contributed by atoms with Gasteiger partial charge in [-0.25, -0.2) is 9.97 Å². The molecule has 162 valence electrons. The second-order valence-corrected chi connectivity index (χ2v) is 7.86. The Morgan fingerprint density at radius 1 is 1.24 bits per heavy atom. The lowest BCUT2D eigenvalue weighted by Crippen LogP contribution is -2.47. The maximum atomic E-state index is 12.9. The van der Waals surface area contributed by atoms with Crippen LogP contribution >= 0.6 is 0 Å². The predicted octanol–water partition coefficient (Wildman–Crippen LogP) is 1.64. The fourth-order valence-corrected chi connectivity index (χ4v) is 3.98. The van der Waals surface area contributed by atoms with Crippen LogP contribution in [0.3, 0.4) is 0 Å². The van der Waals surface area contributed by atoms with Gasteiger partial charge in [-0.15, -0.1) is 0 Å². The van der Waals surface area contributed by atoms with Gasteiger partial charge in [-0.05, 0) is 38.7 Å². The Kier molecular flexibility index (Phi) is 7.07. The van der Waals surface area contributed by atoms with Crippen molar-refractivity contribution in [3.63, 3.8) is 0 Å². The van der Waals surface area contributed by atoms with E-state index in [9.17, 15) is 18.0 Å². The van der Waals surface area contributed by atoms with Crippen molar-refractivity contribution in [2.24, 2.45) is 11.7 Å². The molecule has 0 bridgehead atoms. The topological polar surface area (TPSA) is 93.4 Å². The zero-order valence-electron chi connectivity index (χ0n) is 16.5. The van der Waals surface area contributed by atoms with Gasteiger partial charge in [0.15, 0.2) is 0 Å². The Morgan fingerprint density at radius 2 is 1.97 bits per heavy atom. The Labute approximate surface area is 168 Å². The summed E-state index contributed by atoms with van der Waals surface area (Å²) in [5.41, 5.74) is 5.41. The third-order valence-electron chi connectivity index (χ3n) is 5.50. The number of nitrogens with two attached hydrogens (primary N) is 1.